The van der Waals surface area contributed by atoms with E-state index in [1.54, 1.807) is 18.2 Å². The molecule has 2 rings (SSSR count). The van der Waals surface area contributed by atoms with Crippen LogP contribution >= 0.6 is 0 Å². The fraction of sp³-hybridized carbons (Fsp3) is 0.375. The van der Waals surface area contributed by atoms with E-state index in [2.05, 4.69) is 30.8 Å². The van der Waals surface area contributed by atoms with Crippen LogP contribution in [0.5, 0.6) is 11.5 Å². The Morgan fingerprint density at radius 2 is 1.77 bits per heavy atom. The number of rotatable bonds is 12. The zero-order valence-electron chi connectivity index (χ0n) is 17.8. The molecule has 0 aromatic heterocycles. The average Bonchev–Trinajstić information content (AvgIpc) is 2.75. The van der Waals surface area contributed by atoms with Crippen LogP contribution in [0.1, 0.15) is 41.9 Å². The lowest BCUT2D eigenvalue weighted by Crippen LogP contribution is -2.35. The SMILES string of the molecule is C=CC(c1ccc(OC)c(OC)c1)C(C(=O)CCCCc1ccc(C)cc1)[N+](=O)[O-]. The highest BCUT2D eigenvalue weighted by Crippen LogP contribution is 2.33. The number of Topliss-reactive ketones (excluding diaryl/α,β-unsaturated/α-hetero) is 1. The first-order chi connectivity index (χ1) is 14.4. The molecule has 0 radical (unpaired) electrons. The van der Waals surface area contributed by atoms with Crippen molar-refractivity contribution in [2.24, 2.45) is 0 Å². The molecule has 2 unspecified atom stereocenters. The summed E-state index contributed by atoms with van der Waals surface area (Å²) in [5, 5.41) is 11.8. The van der Waals surface area contributed by atoms with Crippen LogP contribution in [0.4, 0.5) is 0 Å². The van der Waals surface area contributed by atoms with Gasteiger partial charge in [-0.1, -0.05) is 42.0 Å². The summed E-state index contributed by atoms with van der Waals surface area (Å²) in [4.78, 5) is 24.0. The van der Waals surface area contributed by atoms with Crippen LogP contribution in [0.2, 0.25) is 0 Å². The molecule has 0 aliphatic carbocycles. The number of ether oxygens (including phenoxy) is 2. The van der Waals surface area contributed by atoms with Crippen molar-refractivity contribution in [2.45, 2.75) is 44.6 Å². The fourth-order valence-electron chi connectivity index (χ4n) is 3.49. The number of nitro groups is 1. The zero-order valence-corrected chi connectivity index (χ0v) is 17.8. The van der Waals surface area contributed by atoms with Crippen LogP contribution in [0.3, 0.4) is 0 Å². The molecule has 2 atom stereocenters. The molecule has 6 heteroatoms. The number of nitrogens with zero attached hydrogens (tertiary/aromatic N) is 1. The lowest BCUT2D eigenvalue weighted by molar-refractivity contribution is -0.509. The highest BCUT2D eigenvalue weighted by Gasteiger charge is 2.37. The first kappa shape index (κ1) is 23.1. The Labute approximate surface area is 177 Å². The molecule has 2 aromatic carbocycles. The van der Waals surface area contributed by atoms with Crippen molar-refractivity contribution in [3.05, 3.63) is 81.9 Å². The van der Waals surface area contributed by atoms with Crippen molar-refractivity contribution in [3.8, 4) is 11.5 Å². The first-order valence-electron chi connectivity index (χ1n) is 9.97. The third-order valence-electron chi connectivity index (χ3n) is 5.20. The zero-order chi connectivity index (χ0) is 22.1. The van der Waals surface area contributed by atoms with Gasteiger partial charge in [0.25, 0.3) is 6.04 Å². The molecule has 0 heterocycles. The van der Waals surface area contributed by atoms with E-state index >= 15 is 0 Å². The molecule has 160 valence electrons. The van der Waals surface area contributed by atoms with E-state index < -0.39 is 16.9 Å². The Morgan fingerprint density at radius 3 is 2.33 bits per heavy atom. The standard InChI is InChI=1S/C24H29NO5/c1-5-20(19-14-15-22(29-3)23(16-19)30-4)24(25(27)28)21(26)9-7-6-8-18-12-10-17(2)11-13-18/h5,10-16,20,24H,1,6-9H2,2-4H3. The number of aryl methyl sites for hydroxylation is 2. The molecule has 0 amide bonds. The second kappa shape index (κ2) is 11.1. The maximum Gasteiger partial charge on any atom is 0.280 e. The van der Waals surface area contributed by atoms with Crippen LogP contribution in [-0.4, -0.2) is 31.0 Å². The van der Waals surface area contributed by atoms with Crippen LogP contribution in [0.25, 0.3) is 0 Å². The van der Waals surface area contributed by atoms with Crippen molar-refractivity contribution in [3.63, 3.8) is 0 Å². The number of ketones is 1. The summed E-state index contributed by atoms with van der Waals surface area (Å²) in [5.74, 6) is -0.161. The van der Waals surface area contributed by atoms with Gasteiger partial charge in [-0.05, 0) is 49.4 Å². The van der Waals surface area contributed by atoms with Gasteiger partial charge in [-0.3, -0.25) is 14.9 Å². The second-order valence-corrected chi connectivity index (χ2v) is 7.27. The van der Waals surface area contributed by atoms with Crippen molar-refractivity contribution < 1.29 is 19.2 Å². The number of unbranched alkanes of at least 4 members (excludes halogenated alkanes) is 1. The molecule has 0 saturated heterocycles. The van der Waals surface area contributed by atoms with Crippen molar-refractivity contribution in [1.29, 1.82) is 0 Å². The van der Waals surface area contributed by atoms with Crippen molar-refractivity contribution in [1.82, 2.24) is 0 Å². The molecule has 0 N–H and O–H groups in total. The normalized spacial score (nSPS) is 12.6. The lowest BCUT2D eigenvalue weighted by atomic mass is 9.87. The van der Waals surface area contributed by atoms with Gasteiger partial charge in [0.15, 0.2) is 11.5 Å². The molecule has 0 fully saturated rings. The molecule has 6 nitrogen and oxygen atoms in total. The van der Waals surface area contributed by atoms with E-state index in [4.69, 9.17) is 9.47 Å². The summed E-state index contributed by atoms with van der Waals surface area (Å²) in [6, 6.07) is 11.9. The fourth-order valence-corrected chi connectivity index (χ4v) is 3.49. The Balaban J connectivity index is 2.06. The highest BCUT2D eigenvalue weighted by atomic mass is 16.6. The third-order valence-corrected chi connectivity index (χ3v) is 5.20. The van der Waals surface area contributed by atoms with Crippen LogP contribution < -0.4 is 9.47 Å². The molecule has 2 aromatic rings. The van der Waals surface area contributed by atoms with Gasteiger partial charge in [-0.2, -0.15) is 0 Å². The maximum absolute atomic E-state index is 12.7. The van der Waals surface area contributed by atoms with Crippen LogP contribution in [0.15, 0.2) is 55.1 Å². The third kappa shape index (κ3) is 5.92. The number of hydrogen-bond donors (Lipinski definition) is 0. The minimum absolute atomic E-state index is 0.162. The highest BCUT2D eigenvalue weighted by molar-refractivity contribution is 5.84. The number of carbonyl (C=O) groups is 1. The smallest absolute Gasteiger partial charge is 0.280 e. The minimum Gasteiger partial charge on any atom is -0.493 e. The van der Waals surface area contributed by atoms with Gasteiger partial charge in [0.1, 0.15) is 0 Å². The lowest BCUT2D eigenvalue weighted by Gasteiger charge is -2.19. The second-order valence-electron chi connectivity index (χ2n) is 7.27. The van der Waals surface area contributed by atoms with Gasteiger partial charge < -0.3 is 9.47 Å². The summed E-state index contributed by atoms with van der Waals surface area (Å²) in [6.07, 6.45) is 3.87. The van der Waals surface area contributed by atoms with Gasteiger partial charge >= 0.3 is 0 Å². The molecule has 0 aliphatic rings. The predicted octanol–water partition coefficient (Wildman–Crippen LogP) is 4.91. The molecule has 0 spiro atoms. The van der Waals surface area contributed by atoms with Crippen molar-refractivity contribution in [2.75, 3.05) is 14.2 Å². The molecule has 0 aliphatic heterocycles. The summed E-state index contributed by atoms with van der Waals surface area (Å²) in [6.45, 7) is 5.77. The van der Waals surface area contributed by atoms with Gasteiger partial charge in [-0.25, -0.2) is 0 Å². The van der Waals surface area contributed by atoms with Gasteiger partial charge in [0.05, 0.1) is 20.1 Å². The number of benzene rings is 2. The van der Waals surface area contributed by atoms with E-state index in [1.807, 2.05) is 6.92 Å². The Hall–Kier alpha value is -3.15. The summed E-state index contributed by atoms with van der Waals surface area (Å²) in [7, 11) is 3.01. The van der Waals surface area contributed by atoms with E-state index in [0.29, 0.717) is 23.5 Å². The van der Waals surface area contributed by atoms with E-state index in [9.17, 15) is 14.9 Å². The predicted molar refractivity (Wildman–Crippen MR) is 117 cm³/mol. The molecular weight excluding hydrogens is 382 g/mol. The number of carbonyl (C=O) groups excluding carboxylic acids is 1. The maximum atomic E-state index is 12.7. The summed E-state index contributed by atoms with van der Waals surface area (Å²) < 4.78 is 10.5. The quantitative estimate of drug-likeness (QED) is 0.215. The molecular formula is C24H29NO5. The van der Waals surface area contributed by atoms with Gasteiger partial charge in [-0.15, -0.1) is 6.58 Å². The Kier molecular flexibility index (Phi) is 8.59. The summed E-state index contributed by atoms with van der Waals surface area (Å²) in [5.41, 5.74) is 3.00. The van der Waals surface area contributed by atoms with E-state index in [-0.39, 0.29) is 12.2 Å². The monoisotopic (exact) mass is 411 g/mol. The number of methoxy groups -OCH3 is 2. The van der Waals surface area contributed by atoms with E-state index in [0.717, 1.165) is 12.8 Å². The molecule has 0 bridgehead atoms. The van der Waals surface area contributed by atoms with Gasteiger partial charge in [0.2, 0.25) is 5.78 Å². The van der Waals surface area contributed by atoms with Crippen molar-refractivity contribution >= 4 is 5.78 Å². The number of hydrogen-bond acceptors (Lipinski definition) is 5. The largest absolute Gasteiger partial charge is 0.493 e. The Morgan fingerprint density at radius 1 is 1.10 bits per heavy atom. The average molecular weight is 411 g/mol. The Bertz CT molecular complexity index is 876. The minimum atomic E-state index is -1.38. The topological polar surface area (TPSA) is 78.7 Å². The molecule has 30 heavy (non-hydrogen) atoms. The van der Waals surface area contributed by atoms with Gasteiger partial charge in [0, 0.05) is 11.3 Å². The van der Waals surface area contributed by atoms with Crippen LogP contribution in [-0.2, 0) is 11.2 Å². The molecule has 0 saturated carbocycles. The first-order valence-corrected chi connectivity index (χ1v) is 9.97. The van der Waals surface area contributed by atoms with E-state index in [1.165, 1.54) is 31.4 Å². The summed E-state index contributed by atoms with van der Waals surface area (Å²) >= 11 is 0. The van der Waals surface area contributed by atoms with Crippen LogP contribution in [0, 0.1) is 17.0 Å².